The molecule has 0 spiro atoms. The lowest BCUT2D eigenvalue weighted by molar-refractivity contribution is -0.113. The van der Waals surface area contributed by atoms with E-state index in [1.54, 1.807) is 29.2 Å². The van der Waals surface area contributed by atoms with E-state index in [1.807, 2.05) is 36.4 Å². The topological polar surface area (TPSA) is 52.7 Å². The fraction of sp³-hybridized carbons (Fsp3) is 0.200. The molecule has 1 fully saturated rings. The zero-order valence-electron chi connectivity index (χ0n) is 17.8. The summed E-state index contributed by atoms with van der Waals surface area (Å²) in [6, 6.07) is 21.1. The second-order valence-electron chi connectivity index (χ2n) is 7.57. The van der Waals surface area contributed by atoms with Crippen molar-refractivity contribution in [1.29, 1.82) is 0 Å². The summed E-state index contributed by atoms with van der Waals surface area (Å²) in [5.41, 5.74) is 1.56. The molecule has 170 valence electrons. The van der Waals surface area contributed by atoms with Crippen LogP contribution in [0, 0.1) is 5.82 Å². The number of hydrogen-bond acceptors (Lipinski definition) is 4. The molecule has 2 amide bonds. The Morgan fingerprint density at radius 1 is 0.939 bits per heavy atom. The standard InChI is InChI=1S/C25H23ClFN3O2S/c26-18-10-11-23(22(16-18)28-24(31)17-33-19-6-2-1-3-7-19)29-12-14-30(15-13-29)25(32)20-8-4-5-9-21(20)27/h1-11,16H,12-15,17H2,(H,28,31). The predicted octanol–water partition coefficient (Wildman–Crippen LogP) is 5.17. The highest BCUT2D eigenvalue weighted by Crippen LogP contribution is 2.31. The molecule has 1 aliphatic heterocycles. The Hall–Kier alpha value is -3.03. The van der Waals surface area contributed by atoms with E-state index in [2.05, 4.69) is 10.2 Å². The molecule has 3 aromatic carbocycles. The van der Waals surface area contributed by atoms with Crippen molar-refractivity contribution in [2.24, 2.45) is 0 Å². The molecule has 0 bridgehead atoms. The van der Waals surface area contributed by atoms with Crippen molar-refractivity contribution in [2.75, 3.05) is 42.1 Å². The van der Waals surface area contributed by atoms with Gasteiger partial charge < -0.3 is 15.1 Å². The normalized spacial score (nSPS) is 13.6. The van der Waals surface area contributed by atoms with Crippen molar-refractivity contribution in [3.05, 3.63) is 89.2 Å². The van der Waals surface area contributed by atoms with Crippen LogP contribution in [-0.2, 0) is 4.79 Å². The van der Waals surface area contributed by atoms with Crippen LogP contribution in [0.4, 0.5) is 15.8 Å². The molecular formula is C25H23ClFN3O2S. The van der Waals surface area contributed by atoms with Gasteiger partial charge in [0.2, 0.25) is 5.91 Å². The number of amides is 2. The third kappa shape index (κ3) is 5.86. The zero-order valence-corrected chi connectivity index (χ0v) is 19.4. The van der Waals surface area contributed by atoms with E-state index in [0.717, 1.165) is 10.6 Å². The maximum absolute atomic E-state index is 14.0. The predicted molar refractivity (Wildman–Crippen MR) is 132 cm³/mol. The van der Waals surface area contributed by atoms with Crippen molar-refractivity contribution in [3.63, 3.8) is 0 Å². The Labute approximate surface area is 201 Å². The first-order valence-corrected chi connectivity index (χ1v) is 11.9. The first-order chi connectivity index (χ1) is 16.0. The van der Waals surface area contributed by atoms with Gasteiger partial charge in [-0.2, -0.15) is 0 Å². The third-order valence-electron chi connectivity index (χ3n) is 5.36. The molecule has 3 aromatic rings. The van der Waals surface area contributed by atoms with Crippen LogP contribution in [-0.4, -0.2) is 48.6 Å². The molecule has 0 saturated carbocycles. The quantitative estimate of drug-likeness (QED) is 0.491. The number of benzene rings is 3. The van der Waals surface area contributed by atoms with E-state index in [-0.39, 0.29) is 23.1 Å². The van der Waals surface area contributed by atoms with Crippen LogP contribution in [0.1, 0.15) is 10.4 Å². The van der Waals surface area contributed by atoms with Crippen LogP contribution in [0.3, 0.4) is 0 Å². The zero-order chi connectivity index (χ0) is 23.2. The van der Waals surface area contributed by atoms with Crippen LogP contribution in [0.5, 0.6) is 0 Å². The average molecular weight is 484 g/mol. The minimum absolute atomic E-state index is 0.0845. The fourth-order valence-corrected chi connectivity index (χ4v) is 4.58. The minimum Gasteiger partial charge on any atom is -0.366 e. The lowest BCUT2D eigenvalue weighted by Gasteiger charge is -2.37. The van der Waals surface area contributed by atoms with E-state index in [4.69, 9.17) is 11.6 Å². The number of piperazine rings is 1. The Morgan fingerprint density at radius 2 is 1.64 bits per heavy atom. The summed E-state index contributed by atoms with van der Waals surface area (Å²) in [6.07, 6.45) is 0. The average Bonchev–Trinajstić information content (AvgIpc) is 2.84. The summed E-state index contributed by atoms with van der Waals surface area (Å²) >= 11 is 7.66. The van der Waals surface area contributed by atoms with Gasteiger partial charge in [0.1, 0.15) is 5.82 Å². The highest BCUT2D eigenvalue weighted by atomic mass is 35.5. The Bertz CT molecular complexity index is 1140. The second kappa shape index (κ2) is 10.7. The van der Waals surface area contributed by atoms with Crippen LogP contribution in [0.25, 0.3) is 0 Å². The van der Waals surface area contributed by atoms with Crippen LogP contribution < -0.4 is 10.2 Å². The molecular weight excluding hydrogens is 461 g/mol. The number of carbonyl (C=O) groups is 2. The van der Waals surface area contributed by atoms with Crippen molar-refractivity contribution in [2.45, 2.75) is 4.90 Å². The third-order valence-corrected chi connectivity index (χ3v) is 6.60. The number of hydrogen-bond donors (Lipinski definition) is 1. The molecule has 1 heterocycles. The van der Waals surface area contributed by atoms with Crippen molar-refractivity contribution in [1.82, 2.24) is 4.90 Å². The first kappa shape index (κ1) is 23.1. The number of rotatable bonds is 6. The van der Waals surface area contributed by atoms with Crippen LogP contribution in [0.2, 0.25) is 5.02 Å². The molecule has 0 atom stereocenters. The number of anilines is 2. The van der Waals surface area contributed by atoms with Gasteiger partial charge >= 0.3 is 0 Å². The second-order valence-corrected chi connectivity index (χ2v) is 9.06. The maximum atomic E-state index is 14.0. The molecule has 0 aliphatic carbocycles. The van der Waals surface area contributed by atoms with E-state index < -0.39 is 5.82 Å². The Balaban J connectivity index is 1.40. The van der Waals surface area contributed by atoms with E-state index in [9.17, 15) is 14.0 Å². The fourth-order valence-electron chi connectivity index (χ4n) is 3.69. The van der Waals surface area contributed by atoms with E-state index in [1.165, 1.54) is 23.9 Å². The summed E-state index contributed by atoms with van der Waals surface area (Å²) < 4.78 is 14.0. The number of nitrogens with one attached hydrogen (secondary N) is 1. The van der Waals surface area contributed by atoms with Crippen molar-refractivity contribution in [3.8, 4) is 0 Å². The van der Waals surface area contributed by atoms with Crippen molar-refractivity contribution < 1.29 is 14.0 Å². The maximum Gasteiger partial charge on any atom is 0.256 e. The molecule has 1 aliphatic rings. The van der Waals surface area contributed by atoms with Gasteiger partial charge in [-0.05, 0) is 42.5 Å². The monoisotopic (exact) mass is 483 g/mol. The Morgan fingerprint density at radius 3 is 2.36 bits per heavy atom. The molecule has 33 heavy (non-hydrogen) atoms. The molecule has 1 N–H and O–H groups in total. The van der Waals surface area contributed by atoms with Gasteiger partial charge in [-0.15, -0.1) is 11.8 Å². The molecule has 4 rings (SSSR count). The summed E-state index contributed by atoms with van der Waals surface area (Å²) in [4.78, 5) is 30.1. The number of carbonyl (C=O) groups excluding carboxylic acids is 2. The molecule has 1 saturated heterocycles. The summed E-state index contributed by atoms with van der Waals surface area (Å²) in [7, 11) is 0. The van der Waals surface area contributed by atoms with Gasteiger partial charge in [-0.3, -0.25) is 9.59 Å². The smallest absolute Gasteiger partial charge is 0.256 e. The van der Waals surface area contributed by atoms with E-state index in [0.29, 0.717) is 36.9 Å². The number of nitrogens with zero attached hydrogens (tertiary/aromatic N) is 2. The highest BCUT2D eigenvalue weighted by molar-refractivity contribution is 8.00. The molecule has 0 aromatic heterocycles. The summed E-state index contributed by atoms with van der Waals surface area (Å²) in [6.45, 7) is 2.02. The van der Waals surface area contributed by atoms with Gasteiger partial charge in [0, 0.05) is 36.1 Å². The minimum atomic E-state index is -0.513. The van der Waals surface area contributed by atoms with Gasteiger partial charge in [-0.1, -0.05) is 41.9 Å². The molecule has 0 unspecified atom stereocenters. The lowest BCUT2D eigenvalue weighted by Crippen LogP contribution is -2.49. The van der Waals surface area contributed by atoms with Crippen LogP contribution >= 0.6 is 23.4 Å². The molecule has 0 radical (unpaired) electrons. The van der Waals surface area contributed by atoms with Crippen molar-refractivity contribution >= 4 is 46.6 Å². The number of thioether (sulfide) groups is 1. The van der Waals surface area contributed by atoms with Crippen LogP contribution in [0.15, 0.2) is 77.7 Å². The first-order valence-electron chi connectivity index (χ1n) is 10.6. The SMILES string of the molecule is O=C(CSc1ccccc1)Nc1cc(Cl)ccc1N1CCN(C(=O)c2ccccc2F)CC1. The summed E-state index contributed by atoms with van der Waals surface area (Å²) in [5, 5.41) is 3.50. The summed E-state index contributed by atoms with van der Waals surface area (Å²) in [5.74, 6) is -0.669. The molecule has 8 heteroatoms. The largest absolute Gasteiger partial charge is 0.366 e. The Kier molecular flexibility index (Phi) is 7.52. The van der Waals surface area contributed by atoms with Gasteiger partial charge in [0.05, 0.1) is 22.7 Å². The highest BCUT2D eigenvalue weighted by Gasteiger charge is 2.25. The lowest BCUT2D eigenvalue weighted by atomic mass is 10.1. The molecule has 5 nitrogen and oxygen atoms in total. The van der Waals surface area contributed by atoms with Gasteiger partial charge in [0.15, 0.2) is 0 Å². The van der Waals surface area contributed by atoms with Gasteiger partial charge in [-0.25, -0.2) is 4.39 Å². The van der Waals surface area contributed by atoms with Gasteiger partial charge in [0.25, 0.3) is 5.91 Å². The van der Waals surface area contributed by atoms with E-state index >= 15 is 0 Å². The number of halogens is 2.